The number of guanidine groups is 1. The van der Waals surface area contributed by atoms with Crippen molar-refractivity contribution in [3.8, 4) is 5.75 Å². The van der Waals surface area contributed by atoms with Crippen LogP contribution < -0.4 is 15.8 Å². The lowest BCUT2D eigenvalue weighted by Gasteiger charge is -2.10. The molecule has 0 bridgehead atoms. The molecule has 0 aliphatic heterocycles. The van der Waals surface area contributed by atoms with E-state index in [2.05, 4.69) is 17.2 Å². The first-order chi connectivity index (χ1) is 11.2. The van der Waals surface area contributed by atoms with E-state index >= 15 is 0 Å². The molecule has 0 heterocycles. The Morgan fingerprint density at radius 1 is 1.17 bits per heavy atom. The smallest absolute Gasteiger partial charge is 0.193 e. The Balaban J connectivity index is 1.60. The highest BCUT2D eigenvalue weighted by Crippen LogP contribution is 2.30. The van der Waals surface area contributed by atoms with Crippen LogP contribution in [0.2, 0.25) is 0 Å². The van der Waals surface area contributed by atoms with Crippen molar-refractivity contribution in [3.63, 3.8) is 0 Å². The summed E-state index contributed by atoms with van der Waals surface area (Å²) in [4.78, 5) is 4.42. The summed E-state index contributed by atoms with van der Waals surface area (Å²) in [6.07, 6.45) is 2.57. The van der Waals surface area contributed by atoms with Gasteiger partial charge >= 0.3 is 0 Å². The Morgan fingerprint density at radius 2 is 1.91 bits per heavy atom. The number of rotatable bonds is 6. The van der Waals surface area contributed by atoms with Crippen molar-refractivity contribution in [2.75, 3.05) is 11.9 Å². The van der Waals surface area contributed by atoms with Gasteiger partial charge in [0.2, 0.25) is 0 Å². The largest absolute Gasteiger partial charge is 0.493 e. The van der Waals surface area contributed by atoms with Gasteiger partial charge in [-0.1, -0.05) is 35.9 Å². The third kappa shape index (κ3) is 4.74. The zero-order valence-electron chi connectivity index (χ0n) is 13.5. The van der Waals surface area contributed by atoms with Crippen LogP contribution >= 0.6 is 0 Å². The molecule has 1 fully saturated rings. The van der Waals surface area contributed by atoms with E-state index in [1.165, 1.54) is 18.4 Å². The SMILES string of the molecule is Cc1ccc(NC(N)=NCc2ccccc2OCC2CC2)cc1. The van der Waals surface area contributed by atoms with Crippen LogP contribution in [-0.4, -0.2) is 12.6 Å². The molecular formula is C19H23N3O. The van der Waals surface area contributed by atoms with Gasteiger partial charge in [-0.25, -0.2) is 4.99 Å². The molecule has 120 valence electrons. The molecule has 0 unspecified atom stereocenters. The van der Waals surface area contributed by atoms with Gasteiger partial charge in [-0.05, 0) is 43.9 Å². The third-order valence-electron chi connectivity index (χ3n) is 3.89. The maximum atomic E-state index is 5.97. The first-order valence-corrected chi connectivity index (χ1v) is 8.05. The lowest BCUT2D eigenvalue weighted by atomic mass is 10.2. The van der Waals surface area contributed by atoms with Crippen LogP contribution in [-0.2, 0) is 6.54 Å². The second-order valence-corrected chi connectivity index (χ2v) is 6.05. The first kappa shape index (κ1) is 15.4. The number of hydrogen-bond acceptors (Lipinski definition) is 2. The molecule has 0 aromatic heterocycles. The van der Waals surface area contributed by atoms with E-state index in [1.54, 1.807) is 0 Å². The second kappa shape index (κ2) is 7.18. The molecule has 2 aromatic carbocycles. The number of anilines is 1. The summed E-state index contributed by atoms with van der Waals surface area (Å²) in [5, 5.41) is 3.11. The zero-order chi connectivity index (χ0) is 16.1. The van der Waals surface area contributed by atoms with Gasteiger partial charge in [0.15, 0.2) is 5.96 Å². The molecule has 0 atom stereocenters. The molecule has 3 N–H and O–H groups in total. The summed E-state index contributed by atoms with van der Waals surface area (Å²) >= 11 is 0. The molecule has 2 aromatic rings. The van der Waals surface area contributed by atoms with E-state index in [0.29, 0.717) is 12.5 Å². The van der Waals surface area contributed by atoms with E-state index in [1.807, 2.05) is 48.5 Å². The lowest BCUT2D eigenvalue weighted by Crippen LogP contribution is -2.22. The number of aliphatic imine (C=N–C) groups is 1. The summed E-state index contributed by atoms with van der Waals surface area (Å²) in [6, 6.07) is 16.1. The highest BCUT2D eigenvalue weighted by molar-refractivity contribution is 5.92. The Kier molecular flexibility index (Phi) is 4.81. The van der Waals surface area contributed by atoms with Crippen molar-refractivity contribution in [1.29, 1.82) is 0 Å². The van der Waals surface area contributed by atoms with Gasteiger partial charge < -0.3 is 15.8 Å². The Labute approximate surface area is 137 Å². The van der Waals surface area contributed by atoms with Crippen molar-refractivity contribution in [1.82, 2.24) is 0 Å². The van der Waals surface area contributed by atoms with Crippen LogP contribution in [0.15, 0.2) is 53.5 Å². The fraction of sp³-hybridized carbons (Fsp3) is 0.316. The molecular weight excluding hydrogens is 286 g/mol. The highest BCUT2D eigenvalue weighted by atomic mass is 16.5. The quantitative estimate of drug-likeness (QED) is 0.631. The molecule has 0 radical (unpaired) electrons. The van der Waals surface area contributed by atoms with Crippen LogP contribution in [0.4, 0.5) is 5.69 Å². The van der Waals surface area contributed by atoms with Crippen LogP contribution in [0.5, 0.6) is 5.75 Å². The minimum absolute atomic E-state index is 0.408. The number of para-hydroxylation sites is 1. The average Bonchev–Trinajstić information content (AvgIpc) is 3.38. The standard InChI is InChI=1S/C19H23N3O/c1-14-6-10-17(11-7-14)22-19(20)21-12-16-4-2-3-5-18(16)23-13-15-8-9-15/h2-7,10-11,15H,8-9,12-13H2,1H3,(H3,20,21,22). The predicted molar refractivity (Wildman–Crippen MR) is 94.8 cm³/mol. The normalized spacial score (nSPS) is 14.6. The molecule has 4 nitrogen and oxygen atoms in total. The van der Waals surface area contributed by atoms with E-state index in [4.69, 9.17) is 10.5 Å². The van der Waals surface area contributed by atoms with E-state index < -0.39 is 0 Å². The molecule has 1 saturated carbocycles. The van der Waals surface area contributed by atoms with Gasteiger partial charge in [0.05, 0.1) is 13.2 Å². The van der Waals surface area contributed by atoms with Gasteiger partial charge in [0.1, 0.15) is 5.75 Å². The number of benzene rings is 2. The minimum Gasteiger partial charge on any atom is -0.493 e. The Bertz CT molecular complexity index is 675. The summed E-state index contributed by atoms with van der Waals surface area (Å²) in [7, 11) is 0. The number of nitrogens with zero attached hydrogens (tertiary/aromatic N) is 1. The van der Waals surface area contributed by atoms with Gasteiger partial charge in [0, 0.05) is 11.3 Å². The average molecular weight is 309 g/mol. The van der Waals surface area contributed by atoms with Crippen LogP contribution in [0, 0.1) is 12.8 Å². The topological polar surface area (TPSA) is 59.6 Å². The predicted octanol–water partition coefficient (Wildman–Crippen LogP) is 3.71. The monoisotopic (exact) mass is 309 g/mol. The van der Waals surface area contributed by atoms with Crippen LogP contribution in [0.1, 0.15) is 24.0 Å². The number of nitrogens with two attached hydrogens (primary N) is 1. The van der Waals surface area contributed by atoms with E-state index in [9.17, 15) is 0 Å². The van der Waals surface area contributed by atoms with Crippen molar-refractivity contribution in [2.45, 2.75) is 26.3 Å². The van der Waals surface area contributed by atoms with Gasteiger partial charge in [0.25, 0.3) is 0 Å². The maximum absolute atomic E-state index is 5.97. The number of aryl methyl sites for hydroxylation is 1. The molecule has 0 saturated heterocycles. The highest BCUT2D eigenvalue weighted by Gasteiger charge is 2.22. The van der Waals surface area contributed by atoms with Gasteiger partial charge in [-0.15, -0.1) is 0 Å². The second-order valence-electron chi connectivity index (χ2n) is 6.05. The molecule has 0 spiro atoms. The maximum Gasteiger partial charge on any atom is 0.193 e. The van der Waals surface area contributed by atoms with Crippen LogP contribution in [0.25, 0.3) is 0 Å². The van der Waals surface area contributed by atoms with Crippen molar-refractivity contribution >= 4 is 11.6 Å². The zero-order valence-corrected chi connectivity index (χ0v) is 13.5. The number of ether oxygens (including phenoxy) is 1. The summed E-state index contributed by atoms with van der Waals surface area (Å²) in [5.41, 5.74) is 9.18. The van der Waals surface area contributed by atoms with Crippen molar-refractivity contribution in [2.24, 2.45) is 16.6 Å². The third-order valence-corrected chi connectivity index (χ3v) is 3.89. The molecule has 1 aliphatic carbocycles. The van der Waals surface area contributed by atoms with E-state index in [0.717, 1.165) is 29.5 Å². The van der Waals surface area contributed by atoms with Crippen molar-refractivity contribution in [3.05, 3.63) is 59.7 Å². The molecule has 4 heteroatoms. The fourth-order valence-electron chi connectivity index (χ4n) is 2.26. The fourth-order valence-corrected chi connectivity index (χ4v) is 2.26. The molecule has 23 heavy (non-hydrogen) atoms. The molecule has 1 aliphatic rings. The van der Waals surface area contributed by atoms with Gasteiger partial charge in [-0.3, -0.25) is 0 Å². The summed E-state index contributed by atoms with van der Waals surface area (Å²) in [6.45, 7) is 3.36. The lowest BCUT2D eigenvalue weighted by molar-refractivity contribution is 0.297. The number of nitrogens with one attached hydrogen (secondary N) is 1. The number of hydrogen-bond donors (Lipinski definition) is 2. The minimum atomic E-state index is 0.408. The van der Waals surface area contributed by atoms with Crippen molar-refractivity contribution < 1.29 is 4.74 Å². The van der Waals surface area contributed by atoms with Crippen LogP contribution in [0.3, 0.4) is 0 Å². The summed E-state index contributed by atoms with van der Waals surface area (Å²) < 4.78 is 5.89. The molecule has 0 amide bonds. The first-order valence-electron chi connectivity index (χ1n) is 8.05. The van der Waals surface area contributed by atoms with Gasteiger partial charge in [-0.2, -0.15) is 0 Å². The Morgan fingerprint density at radius 3 is 2.65 bits per heavy atom. The Hall–Kier alpha value is -2.49. The summed E-state index contributed by atoms with van der Waals surface area (Å²) in [5.74, 6) is 2.05. The molecule has 3 rings (SSSR count). The van der Waals surface area contributed by atoms with E-state index in [-0.39, 0.29) is 0 Å².